The fourth-order valence-corrected chi connectivity index (χ4v) is 2.36. The Morgan fingerprint density at radius 3 is 2.57 bits per heavy atom. The zero-order valence-electron chi connectivity index (χ0n) is 14.1. The molecule has 2 N–H and O–H groups in total. The molecule has 0 saturated carbocycles. The minimum atomic E-state index is 0.865. The van der Waals surface area contributed by atoms with Crippen LogP contribution >= 0.6 is 0 Å². The topological polar surface area (TPSA) is 72.1 Å². The van der Waals surface area contributed by atoms with E-state index in [2.05, 4.69) is 30.3 Å². The first-order valence-electron chi connectivity index (χ1n) is 8.19. The van der Waals surface area contributed by atoms with Crippen LogP contribution in [0, 0.1) is 6.92 Å². The van der Waals surface area contributed by atoms with E-state index in [9.17, 15) is 0 Å². The molecule has 0 spiro atoms. The van der Waals surface area contributed by atoms with Crippen LogP contribution in [0.5, 0.6) is 0 Å². The average molecular weight is 317 g/mol. The number of hydrogen-bond acceptors (Lipinski definition) is 3. The summed E-state index contributed by atoms with van der Waals surface area (Å²) in [6.07, 6.45) is 10.9. The van der Waals surface area contributed by atoms with Crippen LogP contribution in [0.4, 0.5) is 0 Å². The Morgan fingerprint density at radius 1 is 1.09 bits per heavy atom. The summed E-state index contributed by atoms with van der Waals surface area (Å²) in [5, 5.41) is 10.9. The number of aryl methyl sites for hydroxylation is 3. The Hall–Kier alpha value is -2.31. The highest BCUT2D eigenvalue weighted by Gasteiger charge is 1.99. The lowest BCUT2D eigenvalue weighted by molar-refractivity contribution is 0.566. The smallest absolute Gasteiger partial charge is 0.190 e. The molecule has 7 nitrogen and oxygen atoms in total. The van der Waals surface area contributed by atoms with Crippen molar-refractivity contribution in [2.45, 2.75) is 39.3 Å². The van der Waals surface area contributed by atoms with Gasteiger partial charge in [-0.15, -0.1) is 0 Å². The lowest BCUT2D eigenvalue weighted by atomic mass is 10.3. The van der Waals surface area contributed by atoms with Gasteiger partial charge in [0.1, 0.15) is 5.82 Å². The molecule has 0 aliphatic heterocycles. The molecule has 0 fully saturated rings. The molecule has 0 aliphatic carbocycles. The largest absolute Gasteiger partial charge is 0.356 e. The van der Waals surface area contributed by atoms with Gasteiger partial charge in [-0.25, -0.2) is 4.98 Å². The molecule has 0 atom stereocenters. The molecule has 23 heavy (non-hydrogen) atoms. The quantitative estimate of drug-likeness (QED) is 0.417. The van der Waals surface area contributed by atoms with Gasteiger partial charge in [0.05, 0.1) is 0 Å². The summed E-state index contributed by atoms with van der Waals surface area (Å²) >= 11 is 0. The van der Waals surface area contributed by atoms with Gasteiger partial charge >= 0.3 is 0 Å². The van der Waals surface area contributed by atoms with Gasteiger partial charge in [-0.3, -0.25) is 9.67 Å². The summed E-state index contributed by atoms with van der Waals surface area (Å²) in [6, 6.07) is 1.94. The maximum Gasteiger partial charge on any atom is 0.190 e. The van der Waals surface area contributed by atoms with Gasteiger partial charge in [0.25, 0.3) is 0 Å². The van der Waals surface area contributed by atoms with E-state index < -0.39 is 0 Å². The van der Waals surface area contributed by atoms with E-state index in [0.717, 1.165) is 57.2 Å². The molecule has 0 aromatic carbocycles. The predicted octanol–water partition coefficient (Wildman–Crippen LogP) is 1.42. The monoisotopic (exact) mass is 317 g/mol. The van der Waals surface area contributed by atoms with Gasteiger partial charge in [0.2, 0.25) is 0 Å². The maximum absolute atomic E-state index is 4.24. The third-order valence-corrected chi connectivity index (χ3v) is 3.68. The number of nitrogens with one attached hydrogen (secondary N) is 2. The third kappa shape index (κ3) is 6.14. The van der Waals surface area contributed by atoms with E-state index in [0.29, 0.717) is 0 Å². The van der Waals surface area contributed by atoms with E-state index in [4.69, 9.17) is 0 Å². The van der Waals surface area contributed by atoms with Crippen molar-refractivity contribution in [1.82, 2.24) is 30.0 Å². The van der Waals surface area contributed by atoms with E-state index in [1.165, 1.54) is 0 Å². The first-order chi connectivity index (χ1) is 11.3. The van der Waals surface area contributed by atoms with Gasteiger partial charge in [-0.05, 0) is 32.3 Å². The predicted molar refractivity (Wildman–Crippen MR) is 92.4 cm³/mol. The number of rotatable bonds is 9. The van der Waals surface area contributed by atoms with Crippen molar-refractivity contribution < 1.29 is 0 Å². The van der Waals surface area contributed by atoms with Crippen LogP contribution in [-0.2, 0) is 13.1 Å². The van der Waals surface area contributed by atoms with E-state index in [1.54, 1.807) is 13.2 Å². The van der Waals surface area contributed by atoms with E-state index in [1.807, 2.05) is 36.3 Å². The lowest BCUT2D eigenvalue weighted by Crippen LogP contribution is -2.38. The highest BCUT2D eigenvalue weighted by molar-refractivity contribution is 5.79. The van der Waals surface area contributed by atoms with Crippen LogP contribution in [-0.4, -0.2) is 45.4 Å². The van der Waals surface area contributed by atoms with Crippen molar-refractivity contribution in [2.75, 3.05) is 20.1 Å². The summed E-state index contributed by atoms with van der Waals surface area (Å²) < 4.78 is 4.12. The number of aromatic nitrogens is 4. The molecular formula is C16H27N7. The molecule has 2 rings (SSSR count). The highest BCUT2D eigenvalue weighted by Crippen LogP contribution is 1.99. The van der Waals surface area contributed by atoms with E-state index in [-0.39, 0.29) is 0 Å². The maximum atomic E-state index is 4.24. The molecule has 0 saturated heterocycles. The van der Waals surface area contributed by atoms with Crippen molar-refractivity contribution in [2.24, 2.45) is 4.99 Å². The lowest BCUT2D eigenvalue weighted by Gasteiger charge is -2.12. The van der Waals surface area contributed by atoms with Crippen molar-refractivity contribution in [3.8, 4) is 0 Å². The molecule has 0 aliphatic rings. The van der Waals surface area contributed by atoms with Gasteiger partial charge in [-0.1, -0.05) is 0 Å². The average Bonchev–Trinajstić information content (AvgIpc) is 3.21. The summed E-state index contributed by atoms with van der Waals surface area (Å²) in [6.45, 7) is 5.78. The Labute approximate surface area is 137 Å². The van der Waals surface area contributed by atoms with Gasteiger partial charge in [-0.2, -0.15) is 5.10 Å². The second kappa shape index (κ2) is 9.66. The number of aliphatic imine (C=N–C) groups is 1. The second-order valence-electron chi connectivity index (χ2n) is 5.42. The molecule has 126 valence electrons. The van der Waals surface area contributed by atoms with Crippen molar-refractivity contribution >= 4 is 5.96 Å². The van der Waals surface area contributed by atoms with Crippen LogP contribution in [0.25, 0.3) is 0 Å². The zero-order chi connectivity index (χ0) is 16.3. The van der Waals surface area contributed by atoms with Gasteiger partial charge in [0, 0.05) is 58.0 Å². The van der Waals surface area contributed by atoms with E-state index >= 15 is 0 Å². The normalized spacial score (nSPS) is 11.7. The molecular weight excluding hydrogens is 290 g/mol. The van der Waals surface area contributed by atoms with Crippen LogP contribution in [0.15, 0.2) is 35.8 Å². The number of imidazole rings is 1. The minimum Gasteiger partial charge on any atom is -0.356 e. The molecule has 0 amide bonds. The SMILES string of the molecule is CN=C(NCCCCn1ccnc1C)NCCCn1cccn1. The van der Waals surface area contributed by atoms with Crippen molar-refractivity contribution in [3.05, 3.63) is 36.7 Å². The fraction of sp³-hybridized carbons (Fsp3) is 0.562. The zero-order valence-corrected chi connectivity index (χ0v) is 14.1. The first-order valence-corrected chi connectivity index (χ1v) is 8.19. The Balaban J connectivity index is 1.52. The Bertz CT molecular complexity index is 571. The summed E-state index contributed by atoms with van der Waals surface area (Å²) in [5.41, 5.74) is 0. The summed E-state index contributed by atoms with van der Waals surface area (Å²) in [5.74, 6) is 1.94. The number of hydrogen-bond donors (Lipinski definition) is 2. The molecule has 0 bridgehead atoms. The van der Waals surface area contributed by atoms with Crippen molar-refractivity contribution in [3.63, 3.8) is 0 Å². The van der Waals surface area contributed by atoms with Crippen molar-refractivity contribution in [1.29, 1.82) is 0 Å². The molecule has 0 radical (unpaired) electrons. The minimum absolute atomic E-state index is 0.865. The summed E-state index contributed by atoms with van der Waals surface area (Å²) in [7, 11) is 1.80. The summed E-state index contributed by atoms with van der Waals surface area (Å²) in [4.78, 5) is 8.47. The van der Waals surface area contributed by atoms with Gasteiger partial charge in [0.15, 0.2) is 5.96 Å². The number of unbranched alkanes of at least 4 members (excludes halogenated alkanes) is 1. The fourth-order valence-electron chi connectivity index (χ4n) is 2.36. The van der Waals surface area contributed by atoms with Crippen LogP contribution in [0.1, 0.15) is 25.1 Å². The standard InChI is InChI=1S/C16H27N7/c1-15-18-10-14-22(15)11-4-3-7-19-16(17-2)20-8-5-12-23-13-6-9-21-23/h6,9-10,13-14H,3-5,7-8,11-12H2,1-2H3,(H2,17,19,20). The van der Waals surface area contributed by atoms with Gasteiger partial charge < -0.3 is 15.2 Å². The van der Waals surface area contributed by atoms with Crippen LogP contribution in [0.2, 0.25) is 0 Å². The Kier molecular flexibility index (Phi) is 7.16. The molecule has 7 heteroatoms. The third-order valence-electron chi connectivity index (χ3n) is 3.68. The molecule has 0 unspecified atom stereocenters. The first kappa shape index (κ1) is 17.1. The number of guanidine groups is 1. The van der Waals surface area contributed by atoms with Crippen LogP contribution in [0.3, 0.4) is 0 Å². The number of nitrogens with zero attached hydrogens (tertiary/aromatic N) is 5. The highest BCUT2D eigenvalue weighted by atomic mass is 15.3. The molecule has 2 heterocycles. The molecule has 2 aromatic rings. The second-order valence-corrected chi connectivity index (χ2v) is 5.42. The van der Waals surface area contributed by atoms with Crippen LogP contribution < -0.4 is 10.6 Å². The molecule has 2 aromatic heterocycles. The Morgan fingerprint density at radius 2 is 1.91 bits per heavy atom.